The van der Waals surface area contributed by atoms with Crippen molar-refractivity contribution in [1.82, 2.24) is 0 Å². The Bertz CT molecular complexity index is 685. The van der Waals surface area contributed by atoms with Gasteiger partial charge in [-0.25, -0.2) is 0 Å². The van der Waals surface area contributed by atoms with Crippen molar-refractivity contribution in [2.24, 2.45) is 11.3 Å². The summed E-state index contributed by atoms with van der Waals surface area (Å²) in [6.45, 7) is 23.1. The second-order valence-corrected chi connectivity index (χ2v) is 15.8. The molecule has 0 spiro atoms. The van der Waals surface area contributed by atoms with Crippen molar-refractivity contribution in [2.45, 2.75) is 98.4 Å². The molecule has 0 aromatic carbocycles. The lowest BCUT2D eigenvalue weighted by molar-refractivity contribution is -0.146. The van der Waals surface area contributed by atoms with Crippen LogP contribution in [0.25, 0.3) is 0 Å². The van der Waals surface area contributed by atoms with E-state index in [-0.39, 0.29) is 34.9 Å². The SMILES string of the molecule is C=C1CCCC(C)(C)[C@@H]1C[C@H](OC(C)=O)/C(=C/CO[Si](C)(C)C(C)(C)C)COC(C)=O. The van der Waals surface area contributed by atoms with Crippen molar-refractivity contribution < 1.29 is 23.5 Å². The molecule has 1 fully saturated rings. The second kappa shape index (κ2) is 11.0. The molecule has 0 heterocycles. The third-order valence-corrected chi connectivity index (χ3v) is 11.5. The van der Waals surface area contributed by atoms with E-state index in [2.05, 4.69) is 54.3 Å². The summed E-state index contributed by atoms with van der Waals surface area (Å²) in [5.41, 5.74) is 2.06. The van der Waals surface area contributed by atoms with Crippen LogP contribution in [0, 0.1) is 11.3 Å². The number of esters is 2. The first kappa shape index (κ1) is 27.6. The van der Waals surface area contributed by atoms with Gasteiger partial charge in [-0.1, -0.05) is 52.8 Å². The largest absolute Gasteiger partial charge is 0.461 e. The summed E-state index contributed by atoms with van der Waals surface area (Å²) in [7, 11) is -1.93. The first-order valence-electron chi connectivity index (χ1n) is 11.4. The number of carbonyl (C=O) groups excluding carboxylic acids is 2. The van der Waals surface area contributed by atoms with Crippen LogP contribution in [-0.2, 0) is 23.5 Å². The van der Waals surface area contributed by atoms with Crippen molar-refractivity contribution in [3.05, 3.63) is 23.8 Å². The van der Waals surface area contributed by atoms with E-state index in [1.807, 2.05) is 6.08 Å². The van der Waals surface area contributed by atoms with Gasteiger partial charge in [-0.05, 0) is 55.1 Å². The van der Waals surface area contributed by atoms with E-state index in [0.717, 1.165) is 24.8 Å². The fourth-order valence-electron chi connectivity index (χ4n) is 3.89. The Hall–Kier alpha value is -1.40. The highest BCUT2D eigenvalue weighted by Gasteiger charge is 2.38. The average Bonchev–Trinajstić information content (AvgIpc) is 2.58. The van der Waals surface area contributed by atoms with Crippen LogP contribution < -0.4 is 0 Å². The van der Waals surface area contributed by atoms with E-state index in [1.165, 1.54) is 19.4 Å². The van der Waals surface area contributed by atoms with Gasteiger partial charge in [-0.15, -0.1) is 0 Å². The maximum atomic E-state index is 11.9. The molecule has 1 aliphatic carbocycles. The molecule has 1 rings (SSSR count). The van der Waals surface area contributed by atoms with Gasteiger partial charge in [0.05, 0.1) is 6.61 Å². The molecule has 1 saturated carbocycles. The molecule has 6 heteroatoms. The van der Waals surface area contributed by atoms with Gasteiger partial charge in [0.25, 0.3) is 0 Å². The van der Waals surface area contributed by atoms with Crippen LogP contribution in [0.2, 0.25) is 18.1 Å². The monoisotopic (exact) mass is 452 g/mol. The van der Waals surface area contributed by atoms with Gasteiger partial charge in [0, 0.05) is 19.4 Å². The van der Waals surface area contributed by atoms with Gasteiger partial charge in [-0.2, -0.15) is 0 Å². The topological polar surface area (TPSA) is 61.8 Å². The van der Waals surface area contributed by atoms with Crippen LogP contribution in [0.4, 0.5) is 0 Å². The number of hydrogen-bond acceptors (Lipinski definition) is 5. The molecule has 0 bridgehead atoms. The molecular formula is C25H44O5Si. The van der Waals surface area contributed by atoms with E-state index in [1.54, 1.807) is 0 Å². The smallest absolute Gasteiger partial charge is 0.303 e. The average molecular weight is 453 g/mol. The van der Waals surface area contributed by atoms with Crippen LogP contribution >= 0.6 is 0 Å². The molecule has 0 amide bonds. The molecule has 0 saturated heterocycles. The first-order chi connectivity index (χ1) is 14.1. The Morgan fingerprint density at radius 1 is 1.23 bits per heavy atom. The van der Waals surface area contributed by atoms with Gasteiger partial charge in [0.15, 0.2) is 8.32 Å². The van der Waals surface area contributed by atoms with Crippen molar-refractivity contribution in [3.63, 3.8) is 0 Å². The first-order valence-corrected chi connectivity index (χ1v) is 14.3. The lowest BCUT2D eigenvalue weighted by Gasteiger charge is -2.42. The predicted octanol–water partition coefficient (Wildman–Crippen LogP) is 6.20. The number of ether oxygens (including phenoxy) is 2. The number of allylic oxidation sites excluding steroid dienone is 1. The zero-order valence-corrected chi connectivity index (χ0v) is 22.2. The summed E-state index contributed by atoms with van der Waals surface area (Å²) < 4.78 is 17.4. The fraction of sp³-hybridized carbons (Fsp3) is 0.760. The Morgan fingerprint density at radius 3 is 2.32 bits per heavy atom. The van der Waals surface area contributed by atoms with Gasteiger partial charge >= 0.3 is 11.9 Å². The Balaban J connectivity index is 3.16. The molecule has 0 aromatic rings. The summed E-state index contributed by atoms with van der Waals surface area (Å²) >= 11 is 0. The minimum absolute atomic E-state index is 0.0813. The van der Waals surface area contributed by atoms with Crippen molar-refractivity contribution in [2.75, 3.05) is 13.2 Å². The lowest BCUT2D eigenvalue weighted by atomic mass is 9.64. The minimum Gasteiger partial charge on any atom is -0.461 e. The minimum atomic E-state index is -1.93. The van der Waals surface area contributed by atoms with E-state index in [4.69, 9.17) is 13.9 Å². The van der Waals surface area contributed by atoms with Gasteiger partial charge < -0.3 is 13.9 Å². The molecule has 31 heavy (non-hydrogen) atoms. The second-order valence-electron chi connectivity index (χ2n) is 11.0. The van der Waals surface area contributed by atoms with Crippen molar-refractivity contribution in [3.8, 4) is 0 Å². The number of carbonyl (C=O) groups is 2. The predicted molar refractivity (Wildman–Crippen MR) is 128 cm³/mol. The fourth-order valence-corrected chi connectivity index (χ4v) is 4.82. The Labute approximate surface area is 190 Å². The molecular weight excluding hydrogens is 408 g/mol. The van der Waals surface area contributed by atoms with E-state index in [0.29, 0.717) is 13.0 Å². The number of hydrogen-bond donors (Lipinski definition) is 0. The highest BCUT2D eigenvalue weighted by atomic mass is 28.4. The summed E-state index contributed by atoms with van der Waals surface area (Å²) in [4.78, 5) is 23.4. The highest BCUT2D eigenvalue weighted by Crippen LogP contribution is 2.46. The van der Waals surface area contributed by atoms with E-state index < -0.39 is 14.4 Å². The van der Waals surface area contributed by atoms with E-state index in [9.17, 15) is 9.59 Å². The summed E-state index contributed by atoms with van der Waals surface area (Å²) in [5.74, 6) is -0.476. The quantitative estimate of drug-likeness (QED) is 0.237. The Morgan fingerprint density at radius 2 is 1.84 bits per heavy atom. The maximum absolute atomic E-state index is 11.9. The molecule has 5 nitrogen and oxygen atoms in total. The molecule has 0 radical (unpaired) electrons. The highest BCUT2D eigenvalue weighted by molar-refractivity contribution is 6.74. The molecule has 178 valence electrons. The molecule has 1 aliphatic rings. The summed E-state index contributed by atoms with van der Waals surface area (Å²) in [5, 5.41) is 0.0933. The molecule has 0 aliphatic heterocycles. The summed E-state index contributed by atoms with van der Waals surface area (Å²) in [6, 6.07) is 0. The van der Waals surface area contributed by atoms with E-state index >= 15 is 0 Å². The molecule has 0 unspecified atom stereocenters. The third kappa shape index (κ3) is 8.57. The zero-order chi connectivity index (χ0) is 24.0. The molecule has 2 atom stereocenters. The molecule has 0 aromatic heterocycles. The van der Waals surface area contributed by atoms with Crippen LogP contribution in [0.15, 0.2) is 23.8 Å². The van der Waals surface area contributed by atoms with Gasteiger partial charge in [-0.3, -0.25) is 9.59 Å². The lowest BCUT2D eigenvalue weighted by Crippen LogP contribution is -2.41. The van der Waals surface area contributed by atoms with Gasteiger partial charge in [0.1, 0.15) is 12.7 Å². The van der Waals surface area contributed by atoms with Crippen molar-refractivity contribution >= 4 is 20.3 Å². The maximum Gasteiger partial charge on any atom is 0.303 e. The Kier molecular flexibility index (Phi) is 9.76. The summed E-state index contributed by atoms with van der Waals surface area (Å²) in [6.07, 6.45) is 5.35. The van der Waals surface area contributed by atoms with Crippen molar-refractivity contribution in [1.29, 1.82) is 0 Å². The zero-order valence-electron chi connectivity index (χ0n) is 21.2. The normalized spacial score (nSPS) is 20.9. The van der Waals surface area contributed by atoms with Crippen LogP contribution in [0.1, 0.15) is 74.1 Å². The van der Waals surface area contributed by atoms with Crippen LogP contribution in [0.5, 0.6) is 0 Å². The third-order valence-electron chi connectivity index (χ3n) is 6.96. The number of rotatable bonds is 9. The van der Waals surface area contributed by atoms with Crippen LogP contribution in [-0.4, -0.2) is 39.6 Å². The van der Waals surface area contributed by atoms with Gasteiger partial charge in [0.2, 0.25) is 0 Å². The standard InChI is InChI=1S/C25H44O5Si/c1-18-12-11-14-25(7,8)22(18)16-23(30-20(3)27)21(17-28-19(2)26)13-15-29-31(9,10)24(4,5)6/h13,22-23H,1,11-12,14-17H2,2-10H3/b21-13+/t22-,23+/m1/s1. The van der Waals surface area contributed by atoms with Crippen LogP contribution in [0.3, 0.4) is 0 Å². The molecule has 0 N–H and O–H groups in total.